The topological polar surface area (TPSA) is 23.1 Å². The monoisotopic (exact) mass is 267 g/mol. The molecule has 0 unspecified atom stereocenters. The molecule has 0 amide bonds. The highest BCUT2D eigenvalue weighted by molar-refractivity contribution is 7.41. The first-order chi connectivity index (χ1) is 8.18. The lowest BCUT2D eigenvalue weighted by Crippen LogP contribution is -2.20. The molecule has 1 saturated carbocycles. The molecule has 17 heavy (non-hydrogen) atoms. The van der Waals surface area contributed by atoms with Crippen LogP contribution in [0.25, 0.3) is 0 Å². The van der Waals surface area contributed by atoms with E-state index in [9.17, 15) is 5.11 Å². The molecular weight excluding hydrogens is 251 g/mol. The maximum absolute atomic E-state index is 12.3. The average molecular weight is 268 g/mol. The largest absolute Gasteiger partial charge is 0.823 e. The summed E-state index contributed by atoms with van der Waals surface area (Å²) in [6.45, 7) is 1.95. The molecule has 92 valence electrons. The molecule has 1 nitrogen and oxygen atoms in total. The maximum Gasteiger partial charge on any atom is 0.0474 e. The highest BCUT2D eigenvalue weighted by Gasteiger charge is 2.11. The van der Waals surface area contributed by atoms with Gasteiger partial charge in [0.1, 0.15) is 0 Å². The van der Waals surface area contributed by atoms with Gasteiger partial charge in [-0.25, -0.2) is 0 Å². The maximum atomic E-state index is 12.3. The first-order valence-corrected chi connectivity index (χ1v) is 7.53. The fourth-order valence-electron chi connectivity index (χ4n) is 2.34. The SMILES string of the molecule is Cc1cccc(Cl)c1C([O-])=PC1CCCCC1. The van der Waals surface area contributed by atoms with E-state index >= 15 is 0 Å². The highest BCUT2D eigenvalue weighted by Crippen LogP contribution is 2.30. The van der Waals surface area contributed by atoms with Crippen molar-refractivity contribution in [3.8, 4) is 0 Å². The van der Waals surface area contributed by atoms with E-state index in [1.165, 1.54) is 32.1 Å². The Morgan fingerprint density at radius 3 is 2.65 bits per heavy atom. The van der Waals surface area contributed by atoms with Crippen molar-refractivity contribution >= 4 is 25.3 Å². The minimum atomic E-state index is 0.194. The zero-order valence-corrected chi connectivity index (χ0v) is 11.7. The molecule has 0 bridgehead atoms. The van der Waals surface area contributed by atoms with E-state index in [0.29, 0.717) is 10.7 Å². The van der Waals surface area contributed by atoms with Gasteiger partial charge < -0.3 is 5.11 Å². The van der Waals surface area contributed by atoms with Crippen LogP contribution in [-0.2, 0) is 0 Å². The van der Waals surface area contributed by atoms with E-state index in [1.54, 1.807) is 6.07 Å². The van der Waals surface area contributed by atoms with Crippen molar-refractivity contribution in [2.45, 2.75) is 44.7 Å². The number of rotatable bonds is 2. The summed E-state index contributed by atoms with van der Waals surface area (Å²) >= 11 is 6.12. The molecule has 1 aliphatic rings. The van der Waals surface area contributed by atoms with Crippen LogP contribution in [0.15, 0.2) is 18.2 Å². The van der Waals surface area contributed by atoms with Gasteiger partial charge in [-0.05, 0) is 42.6 Å². The van der Waals surface area contributed by atoms with Gasteiger partial charge >= 0.3 is 0 Å². The molecule has 1 aromatic carbocycles. The van der Waals surface area contributed by atoms with E-state index in [1.807, 2.05) is 19.1 Å². The fraction of sp³-hybridized carbons (Fsp3) is 0.500. The van der Waals surface area contributed by atoms with E-state index in [0.717, 1.165) is 19.3 Å². The van der Waals surface area contributed by atoms with Crippen LogP contribution in [0.1, 0.15) is 43.2 Å². The number of benzene rings is 1. The summed E-state index contributed by atoms with van der Waals surface area (Å²) in [5.74, 6) is 0. The van der Waals surface area contributed by atoms with E-state index in [2.05, 4.69) is 0 Å². The molecule has 1 fully saturated rings. The normalized spacial score (nSPS) is 18.4. The van der Waals surface area contributed by atoms with Crippen LogP contribution in [0.5, 0.6) is 0 Å². The summed E-state index contributed by atoms with van der Waals surface area (Å²) in [5, 5.41) is 12.9. The van der Waals surface area contributed by atoms with Crippen LogP contribution in [-0.4, -0.2) is 11.1 Å². The van der Waals surface area contributed by atoms with Gasteiger partial charge in [-0.15, -0.1) is 13.7 Å². The van der Waals surface area contributed by atoms with Gasteiger partial charge in [-0.2, -0.15) is 0 Å². The molecule has 0 saturated heterocycles. The molecule has 0 aromatic heterocycles. The summed E-state index contributed by atoms with van der Waals surface area (Å²) in [5.41, 5.74) is 2.46. The van der Waals surface area contributed by atoms with Crippen molar-refractivity contribution in [3.05, 3.63) is 34.3 Å². The molecule has 3 heteroatoms. The van der Waals surface area contributed by atoms with Crippen molar-refractivity contribution in [2.75, 3.05) is 0 Å². The van der Waals surface area contributed by atoms with Crippen LogP contribution in [0.2, 0.25) is 5.02 Å². The zero-order valence-electron chi connectivity index (χ0n) is 10.1. The molecule has 2 rings (SSSR count). The van der Waals surface area contributed by atoms with Gasteiger partial charge in [-0.3, -0.25) is 0 Å². The van der Waals surface area contributed by atoms with Crippen LogP contribution in [0.4, 0.5) is 0 Å². The molecular formula is C14H17ClOP-. The van der Waals surface area contributed by atoms with Crippen molar-refractivity contribution in [3.63, 3.8) is 0 Å². The van der Waals surface area contributed by atoms with E-state index in [4.69, 9.17) is 11.6 Å². The van der Waals surface area contributed by atoms with Gasteiger partial charge in [-0.1, -0.05) is 43.0 Å². The molecule has 0 radical (unpaired) electrons. The Kier molecular flexibility index (Phi) is 4.62. The smallest absolute Gasteiger partial charge is 0.0474 e. The number of halogens is 1. The van der Waals surface area contributed by atoms with E-state index < -0.39 is 0 Å². The van der Waals surface area contributed by atoms with Gasteiger partial charge in [0.05, 0.1) is 0 Å². The Labute approximate surface area is 110 Å². The van der Waals surface area contributed by atoms with Gasteiger partial charge in [0.2, 0.25) is 0 Å². The average Bonchev–Trinajstić information content (AvgIpc) is 2.30. The van der Waals surface area contributed by atoms with Crippen LogP contribution >= 0.6 is 19.8 Å². The molecule has 1 aliphatic carbocycles. The molecule has 0 aliphatic heterocycles. The van der Waals surface area contributed by atoms with Crippen molar-refractivity contribution < 1.29 is 5.11 Å². The third-order valence-corrected chi connectivity index (χ3v) is 4.96. The van der Waals surface area contributed by atoms with E-state index in [-0.39, 0.29) is 5.48 Å². The van der Waals surface area contributed by atoms with Gasteiger partial charge in [0.25, 0.3) is 0 Å². The second kappa shape index (κ2) is 6.00. The second-order valence-corrected chi connectivity index (χ2v) is 6.46. The molecule has 0 N–H and O–H groups in total. The summed E-state index contributed by atoms with van der Waals surface area (Å²) in [6.07, 6.45) is 6.25. The van der Waals surface area contributed by atoms with Crippen LogP contribution in [0.3, 0.4) is 0 Å². The van der Waals surface area contributed by atoms with Crippen LogP contribution in [0, 0.1) is 6.92 Å². The minimum Gasteiger partial charge on any atom is -0.823 e. The second-order valence-electron chi connectivity index (χ2n) is 4.66. The van der Waals surface area contributed by atoms with Gasteiger partial charge in [0.15, 0.2) is 0 Å². The van der Waals surface area contributed by atoms with Crippen molar-refractivity contribution in [1.29, 1.82) is 0 Å². The highest BCUT2D eigenvalue weighted by atomic mass is 35.5. The lowest BCUT2D eigenvalue weighted by molar-refractivity contribution is -0.207. The third-order valence-electron chi connectivity index (χ3n) is 3.31. The Morgan fingerprint density at radius 2 is 2.00 bits per heavy atom. The Balaban J connectivity index is 2.23. The first kappa shape index (κ1) is 13.1. The summed E-state index contributed by atoms with van der Waals surface area (Å²) < 4.78 is 0. The summed E-state index contributed by atoms with van der Waals surface area (Å²) in [6, 6.07) is 5.65. The fourth-order valence-corrected chi connectivity index (χ4v) is 4.10. The Hall–Kier alpha value is -0.360. The minimum absolute atomic E-state index is 0.194. The predicted octanol–water partition coefficient (Wildman–Crippen LogP) is 3.77. The molecule has 0 spiro atoms. The lowest BCUT2D eigenvalue weighted by Gasteiger charge is -2.23. The summed E-state index contributed by atoms with van der Waals surface area (Å²) in [4.78, 5) is 0. The third kappa shape index (κ3) is 3.31. The van der Waals surface area contributed by atoms with Crippen molar-refractivity contribution in [2.24, 2.45) is 0 Å². The van der Waals surface area contributed by atoms with Crippen molar-refractivity contribution in [1.82, 2.24) is 0 Å². The summed E-state index contributed by atoms with van der Waals surface area (Å²) in [7, 11) is 0.940. The predicted molar refractivity (Wildman–Crippen MR) is 74.1 cm³/mol. The number of aryl methyl sites for hydroxylation is 1. The number of hydrogen-bond donors (Lipinski definition) is 0. The molecule has 0 atom stereocenters. The standard InChI is InChI=1S/C14H18ClOP/c1-10-6-5-9-12(15)13(10)14(16)17-11-7-3-2-4-8-11/h5-6,9,11,16H,2-4,7-8H2,1H3/p-1. The molecule has 0 heterocycles. The van der Waals surface area contributed by atoms with Crippen LogP contribution < -0.4 is 5.11 Å². The zero-order chi connectivity index (χ0) is 12.3. The quantitative estimate of drug-likeness (QED) is 0.748. The first-order valence-electron chi connectivity index (χ1n) is 6.19. The lowest BCUT2D eigenvalue weighted by atomic mass is 10.0. The number of hydrogen-bond acceptors (Lipinski definition) is 1. The molecule has 1 aromatic rings. The Morgan fingerprint density at radius 1 is 1.29 bits per heavy atom. The van der Waals surface area contributed by atoms with Gasteiger partial charge in [0, 0.05) is 5.02 Å². The Bertz CT molecular complexity index is 402.